The van der Waals surface area contributed by atoms with E-state index in [2.05, 4.69) is 16.0 Å². The Bertz CT molecular complexity index is 792. The van der Waals surface area contributed by atoms with Crippen LogP contribution >= 0.6 is 11.3 Å². The zero-order valence-corrected chi connectivity index (χ0v) is 15.9. The van der Waals surface area contributed by atoms with Crippen molar-refractivity contribution in [3.05, 3.63) is 56.8 Å². The number of nitrogens with one attached hydrogen (secondary N) is 3. The number of rotatable bonds is 9. The third kappa shape index (κ3) is 5.78. The number of nitrogens with zero attached hydrogens (tertiary/aromatic N) is 1. The molecule has 1 aromatic heterocycles. The Balaban J connectivity index is 1.86. The molecule has 0 aliphatic carbocycles. The monoisotopic (exact) mass is 390 g/mol. The fourth-order valence-electron chi connectivity index (χ4n) is 2.43. The van der Waals surface area contributed by atoms with Gasteiger partial charge in [-0.1, -0.05) is 32.0 Å². The smallest absolute Gasteiger partial charge is 0.292 e. The predicted molar refractivity (Wildman–Crippen MR) is 105 cm³/mol. The summed E-state index contributed by atoms with van der Waals surface area (Å²) in [5.74, 6) is -0.659. The van der Waals surface area contributed by atoms with Crippen LogP contribution in [0.3, 0.4) is 0 Å². The molecule has 0 saturated heterocycles. The molecule has 0 spiro atoms. The Morgan fingerprint density at radius 2 is 1.89 bits per heavy atom. The van der Waals surface area contributed by atoms with Gasteiger partial charge in [-0.05, 0) is 23.4 Å². The molecule has 0 saturated carbocycles. The molecule has 0 unspecified atom stereocenters. The SMILES string of the molecule is CC(C)[C@H](NC(=O)c1cccs1)C(=O)NCCNc1ccccc1[N+](=O)[O-]. The summed E-state index contributed by atoms with van der Waals surface area (Å²) in [6.45, 7) is 4.29. The van der Waals surface area contributed by atoms with Crippen molar-refractivity contribution in [3.8, 4) is 0 Å². The van der Waals surface area contributed by atoms with Gasteiger partial charge in [0.2, 0.25) is 5.91 Å². The molecule has 0 aliphatic heterocycles. The Hall–Kier alpha value is -2.94. The van der Waals surface area contributed by atoms with Crippen LogP contribution in [0.25, 0.3) is 0 Å². The van der Waals surface area contributed by atoms with Gasteiger partial charge in [-0.3, -0.25) is 19.7 Å². The zero-order valence-electron chi connectivity index (χ0n) is 15.1. The fourth-order valence-corrected chi connectivity index (χ4v) is 3.06. The second kappa shape index (κ2) is 9.67. The lowest BCUT2D eigenvalue weighted by Gasteiger charge is -2.21. The highest BCUT2D eigenvalue weighted by Crippen LogP contribution is 2.22. The van der Waals surface area contributed by atoms with Gasteiger partial charge in [-0.15, -0.1) is 11.3 Å². The summed E-state index contributed by atoms with van der Waals surface area (Å²) in [4.78, 5) is 35.7. The van der Waals surface area contributed by atoms with Crippen LogP contribution in [0.15, 0.2) is 41.8 Å². The van der Waals surface area contributed by atoms with Crippen molar-refractivity contribution >= 4 is 34.5 Å². The summed E-state index contributed by atoms with van der Waals surface area (Å²) in [6, 6.07) is 9.13. The van der Waals surface area contributed by atoms with Crippen molar-refractivity contribution < 1.29 is 14.5 Å². The van der Waals surface area contributed by atoms with Crippen molar-refractivity contribution in [1.29, 1.82) is 0 Å². The minimum atomic E-state index is -0.661. The summed E-state index contributed by atoms with van der Waals surface area (Å²) in [5, 5.41) is 21.2. The first kappa shape index (κ1) is 20.4. The van der Waals surface area contributed by atoms with Crippen molar-refractivity contribution in [3.63, 3.8) is 0 Å². The van der Waals surface area contributed by atoms with Gasteiger partial charge in [0.15, 0.2) is 0 Å². The number of carbonyl (C=O) groups is 2. The fraction of sp³-hybridized carbons (Fsp3) is 0.333. The van der Waals surface area contributed by atoms with E-state index in [9.17, 15) is 19.7 Å². The number of amides is 2. The molecule has 0 bridgehead atoms. The van der Waals surface area contributed by atoms with Gasteiger partial charge in [0, 0.05) is 19.2 Å². The van der Waals surface area contributed by atoms with Crippen molar-refractivity contribution in [1.82, 2.24) is 10.6 Å². The molecular formula is C18H22N4O4S. The number of carbonyl (C=O) groups excluding carboxylic acids is 2. The molecule has 1 aromatic carbocycles. The van der Waals surface area contributed by atoms with Crippen LogP contribution in [0.2, 0.25) is 0 Å². The van der Waals surface area contributed by atoms with E-state index in [1.54, 1.807) is 35.7 Å². The highest BCUT2D eigenvalue weighted by atomic mass is 32.1. The summed E-state index contributed by atoms with van der Waals surface area (Å²) in [7, 11) is 0. The molecule has 1 heterocycles. The first-order valence-corrected chi connectivity index (χ1v) is 9.37. The van der Waals surface area contributed by atoms with Gasteiger partial charge in [0.25, 0.3) is 11.6 Å². The molecule has 0 aliphatic rings. The number of para-hydroxylation sites is 2. The molecule has 0 fully saturated rings. The lowest BCUT2D eigenvalue weighted by Crippen LogP contribution is -2.50. The molecule has 144 valence electrons. The zero-order chi connectivity index (χ0) is 19.8. The standard InChI is InChI=1S/C18H22N4O4S/c1-12(2)16(21-17(23)15-8-5-11-27-15)18(24)20-10-9-19-13-6-3-4-7-14(13)22(25)26/h3-8,11-12,16,19H,9-10H2,1-2H3,(H,20,24)(H,21,23)/t16-/m0/s1. The summed E-state index contributed by atoms with van der Waals surface area (Å²) in [5.41, 5.74) is 0.371. The quantitative estimate of drug-likeness (QED) is 0.346. The molecule has 8 nitrogen and oxygen atoms in total. The topological polar surface area (TPSA) is 113 Å². The maximum atomic E-state index is 12.4. The van der Waals surface area contributed by atoms with Crippen LogP contribution in [-0.4, -0.2) is 35.9 Å². The summed E-state index contributed by atoms with van der Waals surface area (Å²) >= 11 is 1.31. The van der Waals surface area contributed by atoms with E-state index < -0.39 is 11.0 Å². The van der Waals surface area contributed by atoms with E-state index in [0.29, 0.717) is 17.1 Å². The van der Waals surface area contributed by atoms with Crippen LogP contribution in [0.5, 0.6) is 0 Å². The van der Waals surface area contributed by atoms with E-state index in [4.69, 9.17) is 0 Å². The van der Waals surface area contributed by atoms with E-state index in [0.717, 1.165) is 0 Å². The number of benzene rings is 1. The molecule has 2 amide bonds. The lowest BCUT2D eigenvalue weighted by molar-refractivity contribution is -0.384. The van der Waals surface area contributed by atoms with Crippen LogP contribution in [0.1, 0.15) is 23.5 Å². The first-order valence-electron chi connectivity index (χ1n) is 8.49. The minimum absolute atomic E-state index is 0.0212. The third-order valence-corrected chi connectivity index (χ3v) is 4.69. The number of nitro benzene ring substituents is 1. The largest absolute Gasteiger partial charge is 0.378 e. The number of thiophene rings is 1. The number of hydrogen-bond acceptors (Lipinski definition) is 6. The maximum absolute atomic E-state index is 12.4. The van der Waals surface area contributed by atoms with E-state index >= 15 is 0 Å². The van der Waals surface area contributed by atoms with E-state index in [-0.39, 0.29) is 30.0 Å². The van der Waals surface area contributed by atoms with Gasteiger partial charge < -0.3 is 16.0 Å². The van der Waals surface area contributed by atoms with Gasteiger partial charge in [-0.25, -0.2) is 0 Å². The maximum Gasteiger partial charge on any atom is 0.292 e. The Morgan fingerprint density at radius 3 is 2.52 bits per heavy atom. The molecule has 9 heteroatoms. The van der Waals surface area contributed by atoms with Crippen LogP contribution in [0.4, 0.5) is 11.4 Å². The molecule has 27 heavy (non-hydrogen) atoms. The Morgan fingerprint density at radius 1 is 1.15 bits per heavy atom. The lowest BCUT2D eigenvalue weighted by atomic mass is 10.0. The van der Waals surface area contributed by atoms with Crippen LogP contribution in [0, 0.1) is 16.0 Å². The van der Waals surface area contributed by atoms with Crippen LogP contribution < -0.4 is 16.0 Å². The third-order valence-electron chi connectivity index (χ3n) is 3.82. The Labute approximate surface area is 161 Å². The van der Waals surface area contributed by atoms with Crippen molar-refractivity contribution in [2.24, 2.45) is 5.92 Å². The number of nitro groups is 1. The Kier molecular flexibility index (Phi) is 7.30. The minimum Gasteiger partial charge on any atom is -0.378 e. The molecule has 0 radical (unpaired) electrons. The molecular weight excluding hydrogens is 368 g/mol. The summed E-state index contributed by atoms with van der Waals surface area (Å²) < 4.78 is 0. The van der Waals surface area contributed by atoms with Gasteiger partial charge in [0.1, 0.15) is 11.7 Å². The molecule has 3 N–H and O–H groups in total. The normalized spacial score (nSPS) is 11.7. The predicted octanol–water partition coefficient (Wildman–Crippen LogP) is 2.64. The average molecular weight is 390 g/mol. The highest BCUT2D eigenvalue weighted by molar-refractivity contribution is 7.12. The van der Waals surface area contributed by atoms with Gasteiger partial charge in [-0.2, -0.15) is 0 Å². The molecule has 1 atom stereocenters. The number of anilines is 1. The van der Waals surface area contributed by atoms with Crippen molar-refractivity contribution in [2.45, 2.75) is 19.9 Å². The van der Waals surface area contributed by atoms with Crippen LogP contribution in [-0.2, 0) is 4.79 Å². The second-order valence-corrected chi connectivity index (χ2v) is 7.11. The first-order chi connectivity index (χ1) is 12.9. The van der Waals surface area contributed by atoms with Gasteiger partial charge >= 0.3 is 0 Å². The second-order valence-electron chi connectivity index (χ2n) is 6.16. The van der Waals surface area contributed by atoms with E-state index in [1.165, 1.54) is 17.4 Å². The van der Waals surface area contributed by atoms with Gasteiger partial charge in [0.05, 0.1) is 9.80 Å². The molecule has 2 rings (SSSR count). The van der Waals surface area contributed by atoms with E-state index in [1.807, 2.05) is 13.8 Å². The highest BCUT2D eigenvalue weighted by Gasteiger charge is 2.24. The number of hydrogen-bond donors (Lipinski definition) is 3. The summed E-state index contributed by atoms with van der Waals surface area (Å²) in [6.07, 6.45) is 0. The average Bonchev–Trinajstić information content (AvgIpc) is 3.17. The van der Waals surface area contributed by atoms with Crippen molar-refractivity contribution in [2.75, 3.05) is 18.4 Å². The molecule has 2 aromatic rings.